The lowest BCUT2D eigenvalue weighted by Crippen LogP contribution is -2.13. The molecule has 0 atom stereocenters. The van der Waals surface area contributed by atoms with Gasteiger partial charge in [-0.2, -0.15) is 0 Å². The molecular weight excluding hydrogens is 234 g/mol. The van der Waals surface area contributed by atoms with Gasteiger partial charge in [-0.1, -0.05) is 66.0 Å². The lowest BCUT2D eigenvalue weighted by atomic mass is 9.88. The van der Waals surface area contributed by atoms with Crippen molar-refractivity contribution in [2.24, 2.45) is 5.41 Å². The van der Waals surface area contributed by atoms with E-state index in [2.05, 4.69) is 56.5 Å². The fourth-order valence-corrected chi connectivity index (χ4v) is 2.47. The fraction of sp³-hybridized carbons (Fsp3) is 0.875. The Morgan fingerprint density at radius 3 is 2.32 bits per heavy atom. The second-order valence-corrected chi connectivity index (χ2v) is 7.10. The highest BCUT2D eigenvalue weighted by molar-refractivity contribution is 5.15. The van der Waals surface area contributed by atoms with Gasteiger partial charge >= 0.3 is 0 Å². The molecule has 1 heterocycles. The Morgan fingerprint density at radius 1 is 1.11 bits per heavy atom. The summed E-state index contributed by atoms with van der Waals surface area (Å²) < 4.78 is 2.14. The van der Waals surface area contributed by atoms with Crippen LogP contribution in [0.15, 0.2) is 0 Å². The van der Waals surface area contributed by atoms with E-state index in [-0.39, 0.29) is 5.41 Å². The highest BCUT2D eigenvalue weighted by Crippen LogP contribution is 2.25. The van der Waals surface area contributed by atoms with Gasteiger partial charge in [0.05, 0.1) is 11.4 Å². The third-order valence-electron chi connectivity index (χ3n) is 3.32. The van der Waals surface area contributed by atoms with Gasteiger partial charge in [0, 0.05) is 6.54 Å². The molecule has 0 bridgehead atoms. The topological polar surface area (TPSA) is 30.7 Å². The Kier molecular flexibility index (Phi) is 6.02. The molecule has 0 saturated carbocycles. The van der Waals surface area contributed by atoms with Crippen molar-refractivity contribution in [3.63, 3.8) is 0 Å². The zero-order chi connectivity index (χ0) is 14.5. The number of rotatable bonds is 7. The highest BCUT2D eigenvalue weighted by atomic mass is 15.4. The average molecular weight is 265 g/mol. The van der Waals surface area contributed by atoms with Gasteiger partial charge in [0.25, 0.3) is 0 Å². The normalized spacial score (nSPS) is 12.4. The summed E-state index contributed by atoms with van der Waals surface area (Å²) in [5.74, 6) is 0.499. The van der Waals surface area contributed by atoms with Crippen molar-refractivity contribution in [1.82, 2.24) is 15.0 Å². The van der Waals surface area contributed by atoms with E-state index in [1.807, 2.05) is 0 Å². The van der Waals surface area contributed by atoms with Crippen molar-refractivity contribution in [2.75, 3.05) is 0 Å². The summed E-state index contributed by atoms with van der Waals surface area (Å²) in [4.78, 5) is 0. The summed E-state index contributed by atoms with van der Waals surface area (Å²) in [6, 6.07) is 0. The number of aromatic nitrogens is 3. The average Bonchev–Trinajstić information content (AvgIpc) is 2.65. The van der Waals surface area contributed by atoms with Gasteiger partial charge in [0.15, 0.2) is 0 Å². The minimum Gasteiger partial charge on any atom is -0.249 e. The van der Waals surface area contributed by atoms with Crippen LogP contribution in [0.5, 0.6) is 0 Å². The molecule has 1 rings (SSSR count). The minimum absolute atomic E-state index is 0.271. The molecule has 0 spiro atoms. The zero-order valence-electron chi connectivity index (χ0n) is 13.7. The first-order chi connectivity index (χ1) is 8.85. The molecule has 110 valence electrons. The Morgan fingerprint density at radius 2 is 1.79 bits per heavy atom. The first kappa shape index (κ1) is 16.2. The van der Waals surface area contributed by atoms with Crippen molar-refractivity contribution in [2.45, 2.75) is 86.1 Å². The zero-order valence-corrected chi connectivity index (χ0v) is 13.7. The van der Waals surface area contributed by atoms with E-state index >= 15 is 0 Å². The van der Waals surface area contributed by atoms with Gasteiger partial charge < -0.3 is 0 Å². The van der Waals surface area contributed by atoms with Crippen LogP contribution in [0, 0.1) is 5.41 Å². The van der Waals surface area contributed by atoms with Crippen LogP contribution in [0.4, 0.5) is 0 Å². The predicted octanol–water partition coefficient (Wildman–Crippen LogP) is 4.57. The Labute approximate surface area is 118 Å². The van der Waals surface area contributed by atoms with Gasteiger partial charge in [-0.05, 0) is 24.2 Å². The smallest absolute Gasteiger partial charge is 0.0867 e. The Balaban J connectivity index is 2.76. The molecule has 0 amide bonds. The maximum absolute atomic E-state index is 4.43. The number of unbranched alkanes of at least 4 members (excludes halogenated alkanes) is 3. The molecule has 3 nitrogen and oxygen atoms in total. The molecule has 0 radical (unpaired) electrons. The molecule has 3 heteroatoms. The van der Waals surface area contributed by atoms with E-state index in [4.69, 9.17) is 0 Å². The predicted molar refractivity (Wildman–Crippen MR) is 81.4 cm³/mol. The van der Waals surface area contributed by atoms with Gasteiger partial charge in [-0.25, -0.2) is 4.68 Å². The Bertz CT molecular complexity index is 372. The first-order valence-corrected chi connectivity index (χ1v) is 7.77. The molecule has 0 N–H and O–H groups in total. The van der Waals surface area contributed by atoms with Gasteiger partial charge in [0.2, 0.25) is 0 Å². The van der Waals surface area contributed by atoms with E-state index in [9.17, 15) is 0 Å². The van der Waals surface area contributed by atoms with Crippen LogP contribution in [-0.2, 0) is 13.0 Å². The first-order valence-electron chi connectivity index (χ1n) is 7.77. The minimum atomic E-state index is 0.271. The van der Waals surface area contributed by atoms with E-state index in [0.29, 0.717) is 5.92 Å². The van der Waals surface area contributed by atoms with Crippen molar-refractivity contribution in [3.05, 3.63) is 11.4 Å². The molecule has 1 aromatic heterocycles. The maximum Gasteiger partial charge on any atom is 0.0867 e. The summed E-state index contributed by atoms with van der Waals surface area (Å²) in [5, 5.41) is 8.82. The molecule has 0 aliphatic heterocycles. The standard InChI is InChI=1S/C16H31N3/c1-7-8-9-10-11-19-15(13(2)3)14(17-18-19)12-16(4,5)6/h13H,7-12H2,1-6H3. The fourth-order valence-electron chi connectivity index (χ4n) is 2.47. The highest BCUT2D eigenvalue weighted by Gasteiger charge is 2.21. The van der Waals surface area contributed by atoms with Gasteiger partial charge in [0.1, 0.15) is 0 Å². The molecule has 0 aromatic carbocycles. The Hall–Kier alpha value is -0.860. The molecule has 0 saturated heterocycles. The lowest BCUT2D eigenvalue weighted by molar-refractivity contribution is 0.403. The van der Waals surface area contributed by atoms with Gasteiger partial charge in [-0.15, -0.1) is 5.10 Å². The molecule has 0 aliphatic rings. The summed E-state index contributed by atoms with van der Waals surface area (Å²) in [5.41, 5.74) is 2.80. The van der Waals surface area contributed by atoms with Crippen molar-refractivity contribution in [3.8, 4) is 0 Å². The summed E-state index contributed by atoms with van der Waals surface area (Å²) in [6.07, 6.45) is 6.12. The molecular formula is C16H31N3. The van der Waals surface area contributed by atoms with Crippen LogP contribution >= 0.6 is 0 Å². The molecule has 19 heavy (non-hydrogen) atoms. The lowest BCUT2D eigenvalue weighted by Gasteiger charge is -2.18. The van der Waals surface area contributed by atoms with Gasteiger partial charge in [-0.3, -0.25) is 0 Å². The quantitative estimate of drug-likeness (QED) is 0.676. The second-order valence-electron chi connectivity index (χ2n) is 7.10. The summed E-state index contributed by atoms with van der Waals surface area (Å²) in [7, 11) is 0. The van der Waals surface area contributed by atoms with Crippen LogP contribution in [-0.4, -0.2) is 15.0 Å². The monoisotopic (exact) mass is 265 g/mol. The molecule has 0 unspecified atom stereocenters. The van der Waals surface area contributed by atoms with E-state index in [0.717, 1.165) is 13.0 Å². The van der Waals surface area contributed by atoms with Crippen LogP contribution in [0.3, 0.4) is 0 Å². The third-order valence-corrected chi connectivity index (χ3v) is 3.32. The molecule has 0 aliphatic carbocycles. The molecule has 1 aromatic rings. The van der Waals surface area contributed by atoms with E-state index < -0.39 is 0 Å². The van der Waals surface area contributed by atoms with Crippen LogP contribution in [0.1, 0.15) is 84.5 Å². The van der Waals surface area contributed by atoms with Crippen LogP contribution in [0.25, 0.3) is 0 Å². The summed E-state index contributed by atoms with van der Waals surface area (Å²) >= 11 is 0. The van der Waals surface area contributed by atoms with Crippen molar-refractivity contribution < 1.29 is 0 Å². The number of hydrogen-bond acceptors (Lipinski definition) is 2. The van der Waals surface area contributed by atoms with Crippen LogP contribution in [0.2, 0.25) is 0 Å². The SMILES string of the molecule is CCCCCCn1nnc(CC(C)(C)C)c1C(C)C. The van der Waals surface area contributed by atoms with E-state index in [1.165, 1.54) is 37.1 Å². The summed E-state index contributed by atoms with van der Waals surface area (Å²) in [6.45, 7) is 14.5. The van der Waals surface area contributed by atoms with Crippen LogP contribution < -0.4 is 0 Å². The van der Waals surface area contributed by atoms with E-state index in [1.54, 1.807) is 0 Å². The largest absolute Gasteiger partial charge is 0.249 e. The van der Waals surface area contributed by atoms with Crippen molar-refractivity contribution in [1.29, 1.82) is 0 Å². The molecule has 0 fully saturated rings. The second kappa shape index (κ2) is 7.06. The van der Waals surface area contributed by atoms with Crippen molar-refractivity contribution >= 4 is 0 Å². The number of aryl methyl sites for hydroxylation is 1. The maximum atomic E-state index is 4.43. The number of hydrogen-bond donors (Lipinski definition) is 0. The third kappa shape index (κ3) is 5.33. The number of nitrogens with zero attached hydrogens (tertiary/aromatic N) is 3.